The van der Waals surface area contributed by atoms with E-state index in [2.05, 4.69) is 39.7 Å². The van der Waals surface area contributed by atoms with Gasteiger partial charge in [-0.2, -0.15) is 4.98 Å². The molecule has 33 heavy (non-hydrogen) atoms. The Morgan fingerprint density at radius 2 is 1.76 bits per heavy atom. The summed E-state index contributed by atoms with van der Waals surface area (Å²) < 4.78 is 0. The lowest BCUT2D eigenvalue weighted by Crippen LogP contribution is -2.29. The third kappa shape index (κ3) is 5.46. The Hall–Kier alpha value is -3.10. The summed E-state index contributed by atoms with van der Waals surface area (Å²) in [5.41, 5.74) is 4.08. The van der Waals surface area contributed by atoms with Gasteiger partial charge in [0.2, 0.25) is 5.95 Å². The molecule has 3 heterocycles. The molecule has 170 valence electrons. The maximum atomic E-state index is 9.82. The van der Waals surface area contributed by atoms with Crippen molar-refractivity contribution >= 4 is 38.6 Å². The molecule has 0 radical (unpaired) electrons. The molecule has 1 fully saturated rings. The second-order valence-corrected chi connectivity index (χ2v) is 9.48. The summed E-state index contributed by atoms with van der Waals surface area (Å²) in [6.07, 6.45) is 4.89. The minimum absolute atomic E-state index is 0.188. The van der Waals surface area contributed by atoms with Crippen LogP contribution in [0.4, 0.5) is 16.9 Å². The predicted molar refractivity (Wildman–Crippen MR) is 133 cm³/mol. The van der Waals surface area contributed by atoms with Gasteiger partial charge in [0.05, 0.1) is 11.8 Å². The Bertz CT molecular complexity index is 1220. The Labute approximate surface area is 197 Å². The summed E-state index contributed by atoms with van der Waals surface area (Å²) in [5.74, 6) is 1.32. The molecule has 0 aliphatic heterocycles. The zero-order valence-electron chi connectivity index (χ0n) is 18.7. The number of hydrogen-bond acceptors (Lipinski definition) is 8. The van der Waals surface area contributed by atoms with Crippen LogP contribution >= 0.6 is 11.3 Å². The topological polar surface area (TPSA) is 95.9 Å². The van der Waals surface area contributed by atoms with Gasteiger partial charge in [-0.3, -0.25) is 0 Å². The van der Waals surface area contributed by atoms with Crippen LogP contribution in [0.25, 0.3) is 10.3 Å². The van der Waals surface area contributed by atoms with E-state index >= 15 is 0 Å². The maximum Gasteiger partial charge on any atom is 0.225 e. The van der Waals surface area contributed by atoms with Crippen LogP contribution in [0.15, 0.2) is 48.5 Å². The fourth-order valence-corrected chi connectivity index (χ4v) is 5.00. The third-order valence-electron chi connectivity index (χ3n) is 5.95. The van der Waals surface area contributed by atoms with Crippen molar-refractivity contribution in [1.29, 1.82) is 0 Å². The van der Waals surface area contributed by atoms with Crippen LogP contribution < -0.4 is 10.6 Å². The van der Waals surface area contributed by atoms with Crippen LogP contribution in [0, 0.1) is 0 Å². The number of hydrogen-bond donors (Lipinski definition) is 3. The molecule has 0 bridgehead atoms. The molecule has 5 rings (SSSR count). The first-order valence-electron chi connectivity index (χ1n) is 11.5. The van der Waals surface area contributed by atoms with Gasteiger partial charge in [0, 0.05) is 24.2 Å². The number of nitrogens with one attached hydrogen (secondary N) is 2. The van der Waals surface area contributed by atoms with Gasteiger partial charge in [-0.05, 0) is 49.8 Å². The Kier molecular flexibility index (Phi) is 6.46. The molecule has 3 N–H and O–H groups in total. The van der Waals surface area contributed by atoms with E-state index in [0.29, 0.717) is 11.8 Å². The Morgan fingerprint density at radius 1 is 0.939 bits per heavy atom. The molecule has 0 amide bonds. The monoisotopic (exact) mass is 460 g/mol. The lowest BCUT2D eigenvalue weighted by Gasteiger charge is -2.26. The first-order chi connectivity index (χ1) is 16.1. The van der Waals surface area contributed by atoms with Crippen molar-refractivity contribution in [2.24, 2.45) is 0 Å². The molecule has 0 atom stereocenters. The number of fused-ring (bicyclic) bond motifs is 1. The van der Waals surface area contributed by atoms with Gasteiger partial charge in [0.15, 0.2) is 5.13 Å². The number of nitrogens with zero attached hydrogens (tertiary/aromatic N) is 4. The molecule has 0 unspecified atom stereocenters. The lowest BCUT2D eigenvalue weighted by molar-refractivity contribution is 0.126. The summed E-state index contributed by atoms with van der Waals surface area (Å²) in [4.78, 5) is 19.8. The zero-order valence-corrected chi connectivity index (χ0v) is 19.5. The van der Waals surface area contributed by atoms with Crippen molar-refractivity contribution in [3.05, 3.63) is 65.5 Å². The molecule has 4 aromatic rings. The van der Waals surface area contributed by atoms with Crippen LogP contribution in [-0.2, 0) is 12.8 Å². The van der Waals surface area contributed by atoms with Gasteiger partial charge in [0.1, 0.15) is 16.2 Å². The van der Waals surface area contributed by atoms with Crippen molar-refractivity contribution in [1.82, 2.24) is 19.9 Å². The minimum atomic E-state index is -0.188. The molecular weight excluding hydrogens is 432 g/mol. The lowest BCUT2D eigenvalue weighted by atomic mass is 9.93. The van der Waals surface area contributed by atoms with E-state index < -0.39 is 0 Å². The van der Waals surface area contributed by atoms with Crippen molar-refractivity contribution in [2.45, 2.75) is 57.6 Å². The summed E-state index contributed by atoms with van der Waals surface area (Å²) in [5, 5.41) is 17.5. The Balaban J connectivity index is 1.41. The second-order valence-electron chi connectivity index (χ2n) is 8.50. The van der Waals surface area contributed by atoms with E-state index in [9.17, 15) is 5.11 Å². The molecule has 1 aliphatic rings. The molecular formula is C25H28N6OS. The minimum Gasteiger partial charge on any atom is -0.393 e. The highest BCUT2D eigenvalue weighted by molar-refractivity contribution is 7.21. The molecule has 8 heteroatoms. The summed E-state index contributed by atoms with van der Waals surface area (Å²) in [6, 6.07) is 16.6. The SMILES string of the molecule is CCc1ccc2nc(Nc3cc(Cc4ccccc4)nc(NC4CCC(O)CC4)n3)sc2n1. The number of rotatable bonds is 7. The average Bonchev–Trinajstić information content (AvgIpc) is 3.22. The van der Waals surface area contributed by atoms with Crippen molar-refractivity contribution in [3.63, 3.8) is 0 Å². The molecule has 0 spiro atoms. The first-order valence-corrected chi connectivity index (χ1v) is 12.4. The standard InChI is InChI=1S/C25H28N6OS/c1-2-17-10-13-21-23(26-17)33-25(29-21)31-22-15-19(14-16-6-4-3-5-7-16)28-24(30-22)27-18-8-11-20(32)12-9-18/h3-7,10,13,15,18,20,32H,2,8-9,11-12,14H2,1H3,(H2,27,28,29,30,31). The molecule has 1 saturated carbocycles. The number of anilines is 3. The Morgan fingerprint density at radius 3 is 2.55 bits per heavy atom. The predicted octanol–water partition coefficient (Wildman–Crippen LogP) is 5.09. The summed E-state index contributed by atoms with van der Waals surface area (Å²) in [7, 11) is 0. The zero-order chi connectivity index (χ0) is 22.6. The van der Waals surface area contributed by atoms with Gasteiger partial charge in [0.25, 0.3) is 0 Å². The number of benzene rings is 1. The van der Waals surface area contributed by atoms with E-state index in [4.69, 9.17) is 9.97 Å². The van der Waals surface area contributed by atoms with Gasteiger partial charge in [-0.25, -0.2) is 15.0 Å². The smallest absolute Gasteiger partial charge is 0.225 e. The number of aliphatic hydroxyl groups is 1. The van der Waals surface area contributed by atoms with Crippen LogP contribution in [0.1, 0.15) is 49.6 Å². The number of aromatic nitrogens is 4. The molecule has 7 nitrogen and oxygen atoms in total. The highest BCUT2D eigenvalue weighted by atomic mass is 32.1. The van der Waals surface area contributed by atoms with E-state index in [1.54, 1.807) is 0 Å². The fourth-order valence-electron chi connectivity index (χ4n) is 4.14. The third-order valence-corrected chi connectivity index (χ3v) is 6.83. The van der Waals surface area contributed by atoms with E-state index in [0.717, 1.165) is 65.4 Å². The number of aliphatic hydroxyl groups excluding tert-OH is 1. The summed E-state index contributed by atoms with van der Waals surface area (Å²) in [6.45, 7) is 2.10. The van der Waals surface area contributed by atoms with Crippen molar-refractivity contribution < 1.29 is 5.11 Å². The van der Waals surface area contributed by atoms with Crippen LogP contribution in [0.5, 0.6) is 0 Å². The number of pyridine rings is 1. The van der Waals surface area contributed by atoms with Crippen LogP contribution in [0.3, 0.4) is 0 Å². The maximum absolute atomic E-state index is 9.82. The van der Waals surface area contributed by atoms with Crippen molar-refractivity contribution in [3.8, 4) is 0 Å². The van der Waals surface area contributed by atoms with E-state index in [1.165, 1.54) is 16.9 Å². The summed E-state index contributed by atoms with van der Waals surface area (Å²) >= 11 is 1.53. The van der Waals surface area contributed by atoms with Gasteiger partial charge < -0.3 is 15.7 Å². The highest BCUT2D eigenvalue weighted by Gasteiger charge is 2.20. The number of aryl methyl sites for hydroxylation is 1. The van der Waals surface area contributed by atoms with Gasteiger partial charge in [-0.1, -0.05) is 48.6 Å². The highest BCUT2D eigenvalue weighted by Crippen LogP contribution is 2.28. The second kappa shape index (κ2) is 9.80. The quantitative estimate of drug-likeness (QED) is 0.353. The van der Waals surface area contributed by atoms with Crippen LogP contribution in [0.2, 0.25) is 0 Å². The normalized spacial score (nSPS) is 18.4. The van der Waals surface area contributed by atoms with Gasteiger partial charge >= 0.3 is 0 Å². The first kappa shape index (κ1) is 21.7. The molecule has 1 aliphatic carbocycles. The molecule has 0 saturated heterocycles. The molecule has 3 aromatic heterocycles. The van der Waals surface area contributed by atoms with E-state index in [-0.39, 0.29) is 12.1 Å². The van der Waals surface area contributed by atoms with Crippen molar-refractivity contribution in [2.75, 3.05) is 10.6 Å². The van der Waals surface area contributed by atoms with Crippen LogP contribution in [-0.4, -0.2) is 37.2 Å². The number of thiazole rings is 1. The fraction of sp³-hybridized carbons (Fsp3) is 0.360. The molecule has 1 aromatic carbocycles. The largest absolute Gasteiger partial charge is 0.393 e. The van der Waals surface area contributed by atoms with Gasteiger partial charge in [-0.15, -0.1) is 0 Å². The van der Waals surface area contributed by atoms with E-state index in [1.807, 2.05) is 36.4 Å². The average molecular weight is 461 g/mol.